The second kappa shape index (κ2) is 9.34. The third-order valence-electron chi connectivity index (χ3n) is 4.92. The normalized spacial score (nSPS) is 14.6. The Bertz CT molecular complexity index is 1160. The molecule has 0 aliphatic carbocycles. The van der Waals surface area contributed by atoms with Crippen LogP contribution in [0, 0.1) is 5.82 Å². The molecular formula is C24H26FN2O4S-. The van der Waals surface area contributed by atoms with E-state index < -0.39 is 39.9 Å². The number of carbonyl (C=O) groups is 1. The average Bonchev–Trinajstić information content (AvgIpc) is 2.70. The molecule has 0 spiro atoms. The molecule has 0 saturated carbocycles. The molecule has 0 aliphatic rings. The number of nitrogens with zero attached hydrogens (tertiary/aromatic N) is 1. The van der Waals surface area contributed by atoms with Crippen LogP contribution in [0.4, 0.5) is 9.18 Å². The molecule has 6 nitrogen and oxygen atoms in total. The molecule has 1 amide bonds. The van der Waals surface area contributed by atoms with E-state index in [1.807, 2.05) is 30.3 Å². The number of fused-ring (bicyclic) bond motifs is 1. The highest BCUT2D eigenvalue weighted by Gasteiger charge is 2.26. The number of rotatable bonds is 5. The highest BCUT2D eigenvalue weighted by atomic mass is 32.2. The maximum Gasteiger partial charge on any atom is 0.408 e. The standard InChI is InChI=1S/C24H27FN2O4S/c1-14(26-23(28)31-24(3,4)5)22-21(16-9-7-6-8-10-16)20(15(2)32(29)30)18-13-17(25)11-12-19(18)27-22/h6-15H,1-5H3,(H,26,28)(H,29,30)/p-1. The smallest absolute Gasteiger partial charge is 0.408 e. The van der Waals surface area contributed by atoms with Gasteiger partial charge in [0.1, 0.15) is 11.4 Å². The van der Waals surface area contributed by atoms with Gasteiger partial charge >= 0.3 is 6.09 Å². The maximum atomic E-state index is 14.1. The first kappa shape index (κ1) is 23.8. The lowest BCUT2D eigenvalue weighted by Crippen LogP contribution is -2.34. The number of ether oxygens (including phenoxy) is 1. The summed E-state index contributed by atoms with van der Waals surface area (Å²) in [6, 6.07) is 12.6. The number of amides is 1. The molecule has 2 aromatic carbocycles. The van der Waals surface area contributed by atoms with Crippen LogP contribution in [0.25, 0.3) is 22.0 Å². The van der Waals surface area contributed by atoms with E-state index in [0.717, 1.165) is 0 Å². The van der Waals surface area contributed by atoms with E-state index in [0.29, 0.717) is 33.3 Å². The quantitative estimate of drug-likeness (QED) is 0.506. The van der Waals surface area contributed by atoms with Crippen LogP contribution >= 0.6 is 0 Å². The predicted molar refractivity (Wildman–Crippen MR) is 122 cm³/mol. The Kier molecular flexibility index (Phi) is 6.95. The lowest BCUT2D eigenvalue weighted by molar-refractivity contribution is 0.0507. The molecule has 0 radical (unpaired) electrons. The highest BCUT2D eigenvalue weighted by molar-refractivity contribution is 7.79. The summed E-state index contributed by atoms with van der Waals surface area (Å²) in [5.74, 6) is -0.490. The van der Waals surface area contributed by atoms with E-state index in [1.54, 1.807) is 34.6 Å². The molecule has 1 N–H and O–H groups in total. The van der Waals surface area contributed by atoms with Crippen LogP contribution in [0.3, 0.4) is 0 Å². The number of benzene rings is 2. The lowest BCUT2D eigenvalue weighted by atomic mass is 9.90. The summed E-state index contributed by atoms with van der Waals surface area (Å²) in [6.45, 7) is 8.58. The second-order valence-corrected chi connectivity index (χ2v) is 9.81. The minimum atomic E-state index is -2.47. The molecule has 0 aliphatic heterocycles. The van der Waals surface area contributed by atoms with Gasteiger partial charge in [0, 0.05) is 16.2 Å². The van der Waals surface area contributed by atoms with Crippen molar-refractivity contribution >= 4 is 28.1 Å². The Hall–Kier alpha value is -2.84. The number of halogens is 1. The minimum absolute atomic E-state index is 0.411. The van der Waals surface area contributed by atoms with Crippen molar-refractivity contribution in [1.82, 2.24) is 10.3 Å². The summed E-state index contributed by atoms with van der Waals surface area (Å²) in [7, 11) is 0. The van der Waals surface area contributed by atoms with E-state index in [9.17, 15) is 17.9 Å². The van der Waals surface area contributed by atoms with Gasteiger partial charge in [0.25, 0.3) is 0 Å². The van der Waals surface area contributed by atoms with Crippen LogP contribution < -0.4 is 5.32 Å². The van der Waals surface area contributed by atoms with Crippen LogP contribution in [-0.4, -0.2) is 25.4 Å². The van der Waals surface area contributed by atoms with Gasteiger partial charge in [-0.15, -0.1) is 0 Å². The first-order valence-electron chi connectivity index (χ1n) is 10.2. The van der Waals surface area contributed by atoms with E-state index in [2.05, 4.69) is 5.32 Å². The maximum absolute atomic E-state index is 14.1. The molecule has 3 rings (SSSR count). The summed E-state index contributed by atoms with van der Waals surface area (Å²) in [6.07, 6.45) is -0.619. The molecule has 3 atom stereocenters. The molecule has 170 valence electrons. The van der Waals surface area contributed by atoms with Gasteiger partial charge in [-0.05, 0) is 75.0 Å². The summed E-state index contributed by atoms with van der Waals surface area (Å²) in [5, 5.41) is 2.25. The number of pyridine rings is 1. The van der Waals surface area contributed by atoms with E-state index in [-0.39, 0.29) is 0 Å². The third kappa shape index (κ3) is 5.31. The number of alkyl carbamates (subject to hydrolysis) is 1. The number of nitrogens with one attached hydrogen (secondary N) is 1. The fourth-order valence-electron chi connectivity index (χ4n) is 3.57. The van der Waals surface area contributed by atoms with Gasteiger partial charge in [-0.1, -0.05) is 30.3 Å². The zero-order valence-corrected chi connectivity index (χ0v) is 19.5. The Balaban J connectivity index is 2.28. The van der Waals surface area contributed by atoms with Crippen molar-refractivity contribution in [2.45, 2.75) is 51.5 Å². The van der Waals surface area contributed by atoms with Crippen molar-refractivity contribution in [1.29, 1.82) is 0 Å². The van der Waals surface area contributed by atoms with Crippen LogP contribution in [0.5, 0.6) is 0 Å². The van der Waals surface area contributed by atoms with Crippen molar-refractivity contribution in [2.24, 2.45) is 0 Å². The highest BCUT2D eigenvalue weighted by Crippen LogP contribution is 2.40. The molecule has 3 unspecified atom stereocenters. The number of hydrogen-bond acceptors (Lipinski definition) is 5. The van der Waals surface area contributed by atoms with Crippen molar-refractivity contribution in [3.63, 3.8) is 0 Å². The molecule has 1 heterocycles. The first-order chi connectivity index (χ1) is 15.0. The number of aromatic nitrogens is 1. The van der Waals surface area contributed by atoms with Crippen molar-refractivity contribution in [3.05, 3.63) is 65.6 Å². The molecule has 8 heteroatoms. The van der Waals surface area contributed by atoms with Gasteiger partial charge in [0.2, 0.25) is 0 Å². The third-order valence-corrected chi connectivity index (χ3v) is 5.73. The number of carbonyl (C=O) groups excluding carboxylic acids is 1. The van der Waals surface area contributed by atoms with Crippen molar-refractivity contribution < 1.29 is 22.7 Å². The Labute approximate surface area is 189 Å². The van der Waals surface area contributed by atoms with E-state index in [1.165, 1.54) is 18.2 Å². The zero-order valence-electron chi connectivity index (χ0n) is 18.6. The van der Waals surface area contributed by atoms with Crippen LogP contribution in [-0.2, 0) is 15.8 Å². The van der Waals surface area contributed by atoms with Gasteiger partial charge in [-0.2, -0.15) is 0 Å². The van der Waals surface area contributed by atoms with Crippen molar-refractivity contribution in [3.8, 4) is 11.1 Å². The van der Waals surface area contributed by atoms with Gasteiger partial charge in [0.05, 0.1) is 17.3 Å². The summed E-state index contributed by atoms with van der Waals surface area (Å²) < 4.78 is 43.6. The lowest BCUT2D eigenvalue weighted by Gasteiger charge is -2.27. The number of hydrogen-bond donors (Lipinski definition) is 1. The zero-order chi connectivity index (χ0) is 23.6. The molecule has 1 aromatic heterocycles. The summed E-state index contributed by atoms with van der Waals surface area (Å²) >= 11 is -2.47. The summed E-state index contributed by atoms with van der Waals surface area (Å²) in [4.78, 5) is 17.1. The molecule has 32 heavy (non-hydrogen) atoms. The monoisotopic (exact) mass is 457 g/mol. The fraction of sp³-hybridized carbons (Fsp3) is 0.333. The second-order valence-electron chi connectivity index (χ2n) is 8.58. The Morgan fingerprint density at radius 1 is 1.16 bits per heavy atom. The van der Waals surface area contributed by atoms with Crippen LogP contribution in [0.15, 0.2) is 48.5 Å². The molecular weight excluding hydrogens is 431 g/mol. The van der Waals surface area contributed by atoms with Gasteiger partial charge in [0.15, 0.2) is 0 Å². The molecule has 0 fully saturated rings. The average molecular weight is 458 g/mol. The molecule has 0 saturated heterocycles. The Morgan fingerprint density at radius 3 is 2.41 bits per heavy atom. The topological polar surface area (TPSA) is 91.3 Å². The van der Waals surface area contributed by atoms with Crippen LogP contribution in [0.2, 0.25) is 0 Å². The molecule has 3 aromatic rings. The minimum Gasteiger partial charge on any atom is -0.772 e. The largest absolute Gasteiger partial charge is 0.772 e. The van der Waals surface area contributed by atoms with Gasteiger partial charge < -0.3 is 14.6 Å². The Morgan fingerprint density at radius 2 is 1.81 bits per heavy atom. The van der Waals surface area contributed by atoms with Crippen molar-refractivity contribution in [2.75, 3.05) is 0 Å². The van der Waals surface area contributed by atoms with E-state index in [4.69, 9.17) is 9.72 Å². The molecule has 0 bridgehead atoms. The van der Waals surface area contributed by atoms with Gasteiger partial charge in [-0.3, -0.25) is 4.21 Å². The fourth-order valence-corrected chi connectivity index (χ4v) is 4.01. The summed E-state index contributed by atoms with van der Waals surface area (Å²) in [5.41, 5.74) is 1.91. The van der Waals surface area contributed by atoms with E-state index >= 15 is 0 Å². The van der Waals surface area contributed by atoms with Crippen LogP contribution in [0.1, 0.15) is 57.2 Å². The predicted octanol–water partition coefficient (Wildman–Crippen LogP) is 5.57. The SMILES string of the molecule is CC(NC(=O)OC(C)(C)C)c1nc2ccc(F)cc2c(C(C)S(=O)[O-])c1-c1ccccc1. The van der Waals surface area contributed by atoms with Gasteiger partial charge in [-0.25, -0.2) is 14.2 Å². The first-order valence-corrected chi connectivity index (χ1v) is 11.4.